The summed E-state index contributed by atoms with van der Waals surface area (Å²) in [6.45, 7) is 1.82. The second-order valence-electron chi connectivity index (χ2n) is 4.82. The molecule has 100 valence electrons. The molecule has 1 aromatic heterocycles. The maximum atomic E-state index is 5.98. The summed E-state index contributed by atoms with van der Waals surface area (Å²) in [5.74, 6) is 1.48. The maximum absolute atomic E-state index is 5.98. The number of H-pyrrole nitrogens is 1. The van der Waals surface area contributed by atoms with Crippen molar-refractivity contribution in [2.45, 2.75) is 18.9 Å². The maximum Gasteiger partial charge on any atom is 0.245 e. The first-order valence-corrected chi connectivity index (χ1v) is 6.79. The highest BCUT2D eigenvalue weighted by atomic mass is 35.5. The van der Waals surface area contributed by atoms with Gasteiger partial charge in [-0.25, -0.2) is 0 Å². The van der Waals surface area contributed by atoms with Gasteiger partial charge in [-0.15, -0.1) is 5.10 Å². The Bertz CT molecular complexity index is 560. The molecule has 0 unspecified atom stereocenters. The van der Waals surface area contributed by atoms with Gasteiger partial charge < -0.3 is 10.6 Å². The number of rotatable bonds is 2. The van der Waals surface area contributed by atoms with Gasteiger partial charge in [-0.05, 0) is 25.0 Å². The molecule has 1 aromatic carbocycles. The Kier molecular flexibility index (Phi) is 3.40. The van der Waals surface area contributed by atoms with Crippen LogP contribution >= 0.6 is 11.6 Å². The van der Waals surface area contributed by atoms with Crippen LogP contribution in [0, 0.1) is 0 Å². The zero-order chi connectivity index (χ0) is 13.2. The molecule has 1 aliphatic heterocycles. The third kappa shape index (κ3) is 2.72. The van der Waals surface area contributed by atoms with E-state index in [0.29, 0.717) is 11.1 Å². The van der Waals surface area contributed by atoms with Crippen molar-refractivity contribution in [1.82, 2.24) is 15.2 Å². The fourth-order valence-corrected chi connectivity index (χ4v) is 2.45. The molecule has 1 aliphatic rings. The highest BCUT2D eigenvalue weighted by molar-refractivity contribution is 6.30. The molecule has 3 N–H and O–H groups in total. The lowest BCUT2D eigenvalue weighted by Crippen LogP contribution is -2.40. The second kappa shape index (κ2) is 5.19. The highest BCUT2D eigenvalue weighted by Gasteiger charge is 2.19. The van der Waals surface area contributed by atoms with Crippen molar-refractivity contribution in [3.05, 3.63) is 29.3 Å². The fraction of sp³-hybridized carbons (Fsp3) is 0.385. The Morgan fingerprint density at radius 3 is 2.84 bits per heavy atom. The molecule has 5 nitrogen and oxygen atoms in total. The van der Waals surface area contributed by atoms with E-state index < -0.39 is 0 Å². The number of anilines is 1. The summed E-state index contributed by atoms with van der Waals surface area (Å²) in [4.78, 5) is 6.69. The van der Waals surface area contributed by atoms with Crippen LogP contribution in [0.4, 0.5) is 5.95 Å². The van der Waals surface area contributed by atoms with Crippen LogP contribution in [-0.4, -0.2) is 34.3 Å². The first-order chi connectivity index (χ1) is 9.22. The van der Waals surface area contributed by atoms with Gasteiger partial charge in [0.2, 0.25) is 5.95 Å². The van der Waals surface area contributed by atoms with Crippen molar-refractivity contribution >= 4 is 17.5 Å². The van der Waals surface area contributed by atoms with Gasteiger partial charge in [0.25, 0.3) is 0 Å². The summed E-state index contributed by atoms with van der Waals surface area (Å²) in [6.07, 6.45) is 1.97. The van der Waals surface area contributed by atoms with E-state index in [1.54, 1.807) is 0 Å². The molecule has 0 amide bonds. The van der Waals surface area contributed by atoms with Crippen molar-refractivity contribution < 1.29 is 0 Å². The minimum atomic E-state index is 0.308. The zero-order valence-electron chi connectivity index (χ0n) is 10.5. The number of benzene rings is 1. The number of nitrogens with zero attached hydrogens (tertiary/aromatic N) is 3. The molecule has 0 spiro atoms. The number of nitrogens with two attached hydrogens (primary N) is 1. The van der Waals surface area contributed by atoms with Crippen LogP contribution < -0.4 is 10.6 Å². The molecule has 3 rings (SSSR count). The van der Waals surface area contributed by atoms with Crippen LogP contribution in [-0.2, 0) is 0 Å². The Morgan fingerprint density at radius 1 is 1.32 bits per heavy atom. The van der Waals surface area contributed by atoms with Crippen LogP contribution in [0.2, 0.25) is 5.02 Å². The van der Waals surface area contributed by atoms with Crippen molar-refractivity contribution in [2.24, 2.45) is 5.73 Å². The Hall–Kier alpha value is -1.59. The molecule has 0 saturated carbocycles. The lowest BCUT2D eigenvalue weighted by atomic mass is 10.1. The molecular weight excluding hydrogens is 262 g/mol. The van der Waals surface area contributed by atoms with E-state index >= 15 is 0 Å². The molecule has 0 bridgehead atoms. The molecule has 2 aromatic rings. The van der Waals surface area contributed by atoms with Crippen LogP contribution in [0.1, 0.15) is 12.8 Å². The highest BCUT2D eigenvalue weighted by Crippen LogP contribution is 2.22. The topological polar surface area (TPSA) is 70.8 Å². The summed E-state index contributed by atoms with van der Waals surface area (Å²) in [5, 5.41) is 7.94. The van der Waals surface area contributed by atoms with Crippen molar-refractivity contribution in [2.75, 3.05) is 18.0 Å². The third-order valence-corrected chi connectivity index (χ3v) is 3.63. The van der Waals surface area contributed by atoms with Gasteiger partial charge in [0.15, 0.2) is 5.82 Å². The SMILES string of the molecule is NC1CCN(c2n[nH]c(-c3cccc(Cl)c3)n2)CC1. The Balaban J connectivity index is 1.80. The predicted molar refractivity (Wildman–Crippen MR) is 76.3 cm³/mol. The molecule has 1 fully saturated rings. The normalized spacial score (nSPS) is 16.8. The van der Waals surface area contributed by atoms with E-state index in [1.165, 1.54) is 0 Å². The van der Waals surface area contributed by atoms with E-state index in [9.17, 15) is 0 Å². The largest absolute Gasteiger partial charge is 0.339 e. The summed E-state index contributed by atoms with van der Waals surface area (Å²) in [7, 11) is 0. The van der Waals surface area contributed by atoms with Crippen LogP contribution in [0.3, 0.4) is 0 Å². The quantitative estimate of drug-likeness (QED) is 0.881. The van der Waals surface area contributed by atoms with Crippen LogP contribution in [0.25, 0.3) is 11.4 Å². The van der Waals surface area contributed by atoms with Gasteiger partial charge in [0, 0.05) is 29.7 Å². The first-order valence-electron chi connectivity index (χ1n) is 6.41. The number of aromatic amines is 1. The molecule has 0 aliphatic carbocycles. The van der Waals surface area contributed by atoms with Gasteiger partial charge in [-0.1, -0.05) is 23.7 Å². The minimum Gasteiger partial charge on any atom is -0.339 e. The van der Waals surface area contributed by atoms with Crippen molar-refractivity contribution in [3.63, 3.8) is 0 Å². The average molecular weight is 278 g/mol. The summed E-state index contributed by atoms with van der Waals surface area (Å²) >= 11 is 5.98. The van der Waals surface area contributed by atoms with Crippen molar-refractivity contribution in [1.29, 1.82) is 0 Å². The average Bonchev–Trinajstić information content (AvgIpc) is 2.89. The van der Waals surface area contributed by atoms with E-state index in [4.69, 9.17) is 17.3 Å². The Morgan fingerprint density at radius 2 is 2.11 bits per heavy atom. The molecule has 19 heavy (non-hydrogen) atoms. The van der Waals surface area contributed by atoms with E-state index in [1.807, 2.05) is 24.3 Å². The number of hydrogen-bond acceptors (Lipinski definition) is 4. The summed E-state index contributed by atoms with van der Waals surface area (Å²) in [5.41, 5.74) is 6.84. The molecule has 1 saturated heterocycles. The summed E-state index contributed by atoms with van der Waals surface area (Å²) in [6, 6.07) is 7.89. The lowest BCUT2D eigenvalue weighted by molar-refractivity contribution is 0.496. The Labute approximate surface area is 116 Å². The van der Waals surface area contributed by atoms with E-state index in [2.05, 4.69) is 20.1 Å². The number of nitrogens with one attached hydrogen (secondary N) is 1. The molecule has 0 radical (unpaired) electrons. The third-order valence-electron chi connectivity index (χ3n) is 3.39. The number of aromatic nitrogens is 3. The number of piperidine rings is 1. The van der Waals surface area contributed by atoms with Gasteiger partial charge in [-0.2, -0.15) is 4.98 Å². The first kappa shape index (κ1) is 12.4. The van der Waals surface area contributed by atoms with Crippen LogP contribution in [0.15, 0.2) is 24.3 Å². The molecule has 6 heteroatoms. The summed E-state index contributed by atoms with van der Waals surface area (Å²) < 4.78 is 0. The van der Waals surface area contributed by atoms with Gasteiger partial charge >= 0.3 is 0 Å². The number of hydrogen-bond donors (Lipinski definition) is 2. The minimum absolute atomic E-state index is 0.308. The van der Waals surface area contributed by atoms with Crippen LogP contribution in [0.5, 0.6) is 0 Å². The van der Waals surface area contributed by atoms with Gasteiger partial charge in [0.05, 0.1) is 0 Å². The van der Waals surface area contributed by atoms with Crippen molar-refractivity contribution in [3.8, 4) is 11.4 Å². The zero-order valence-corrected chi connectivity index (χ0v) is 11.3. The van der Waals surface area contributed by atoms with Gasteiger partial charge in [-0.3, -0.25) is 5.10 Å². The predicted octanol–water partition coefficient (Wildman–Crippen LogP) is 2.05. The second-order valence-corrected chi connectivity index (χ2v) is 5.26. The molecule has 0 atom stereocenters. The standard InChI is InChI=1S/C13H16ClN5/c14-10-3-1-2-9(8-10)12-16-13(18-17-12)19-6-4-11(15)5-7-19/h1-3,8,11H,4-7,15H2,(H,16,17,18). The monoisotopic (exact) mass is 277 g/mol. The smallest absolute Gasteiger partial charge is 0.245 e. The number of halogens is 1. The lowest BCUT2D eigenvalue weighted by Gasteiger charge is -2.28. The van der Waals surface area contributed by atoms with E-state index in [-0.39, 0.29) is 0 Å². The van der Waals surface area contributed by atoms with Gasteiger partial charge in [0.1, 0.15) is 0 Å². The fourth-order valence-electron chi connectivity index (χ4n) is 2.26. The molecule has 2 heterocycles. The molecular formula is C13H16ClN5. The van der Waals surface area contributed by atoms with E-state index in [0.717, 1.165) is 43.3 Å².